The Hall–Kier alpha value is -1.40. The number of amides is 1. The molecule has 1 saturated carbocycles. The molecule has 1 amide bonds. The fourth-order valence-electron chi connectivity index (χ4n) is 4.24. The summed E-state index contributed by atoms with van der Waals surface area (Å²) in [5.74, 6) is 0.606. The minimum absolute atomic E-state index is 0.0678. The Morgan fingerprint density at radius 1 is 1.27 bits per heavy atom. The van der Waals surface area contributed by atoms with Crippen LogP contribution in [-0.2, 0) is 4.74 Å². The monoisotopic (exact) mass is 419 g/mol. The van der Waals surface area contributed by atoms with Crippen LogP contribution < -0.4 is 5.32 Å². The number of aromatic nitrogens is 2. The van der Waals surface area contributed by atoms with Gasteiger partial charge in [-0.3, -0.25) is 4.79 Å². The van der Waals surface area contributed by atoms with Crippen LogP contribution in [0.15, 0.2) is 22.7 Å². The molecule has 0 radical (unpaired) electrons. The Kier molecular flexibility index (Phi) is 5.32. The zero-order chi connectivity index (χ0) is 18.1. The highest BCUT2D eigenvalue weighted by atomic mass is 79.9. The van der Waals surface area contributed by atoms with E-state index in [0.717, 1.165) is 54.1 Å². The van der Waals surface area contributed by atoms with Crippen LogP contribution in [0.2, 0.25) is 0 Å². The van der Waals surface area contributed by atoms with Gasteiger partial charge in [0.15, 0.2) is 11.9 Å². The Bertz CT molecular complexity index is 798. The molecule has 3 atom stereocenters. The molecule has 2 aliphatic rings. The minimum atomic E-state index is -0.0799. The highest BCUT2D eigenvalue weighted by molar-refractivity contribution is 9.10. The van der Waals surface area contributed by atoms with Crippen molar-refractivity contribution in [1.29, 1.82) is 0 Å². The standard InChI is InChI=1S/C20H26BrN3O2/c1-13-5-4-6-15(11-13)22-20(25)19-16-12-14(21)8-9-17(16)24(23-19)18-7-2-3-10-26-18/h8-9,12-13,15,18H,2-7,10-11H2,1H3,(H,22,25)/t13-,15-,18?/m1/s1. The van der Waals surface area contributed by atoms with E-state index in [-0.39, 0.29) is 18.2 Å². The lowest BCUT2D eigenvalue weighted by molar-refractivity contribution is -0.0368. The third-order valence-electron chi connectivity index (χ3n) is 5.58. The van der Waals surface area contributed by atoms with Crippen LogP contribution in [0.1, 0.15) is 68.6 Å². The number of nitrogens with one attached hydrogen (secondary N) is 1. The number of nitrogens with zero attached hydrogens (tertiary/aromatic N) is 2. The predicted molar refractivity (Wildman–Crippen MR) is 105 cm³/mol. The number of rotatable bonds is 3. The van der Waals surface area contributed by atoms with Gasteiger partial charge >= 0.3 is 0 Å². The first-order valence-corrected chi connectivity index (χ1v) is 10.5. The largest absolute Gasteiger partial charge is 0.356 e. The minimum Gasteiger partial charge on any atom is -0.356 e. The molecule has 1 aliphatic carbocycles. The van der Waals surface area contributed by atoms with Crippen molar-refractivity contribution in [3.8, 4) is 0 Å². The summed E-state index contributed by atoms with van der Waals surface area (Å²) in [6, 6.07) is 6.25. The van der Waals surface area contributed by atoms with E-state index < -0.39 is 0 Å². The van der Waals surface area contributed by atoms with Crippen LogP contribution in [0.5, 0.6) is 0 Å². The number of hydrogen-bond donors (Lipinski definition) is 1. The van der Waals surface area contributed by atoms with E-state index in [1.807, 2.05) is 22.9 Å². The van der Waals surface area contributed by atoms with Gasteiger partial charge < -0.3 is 10.1 Å². The van der Waals surface area contributed by atoms with Crippen LogP contribution >= 0.6 is 15.9 Å². The van der Waals surface area contributed by atoms with Crippen molar-refractivity contribution in [2.24, 2.45) is 5.92 Å². The van der Waals surface area contributed by atoms with E-state index in [2.05, 4.69) is 28.2 Å². The molecule has 2 fully saturated rings. The van der Waals surface area contributed by atoms with Gasteiger partial charge in [0.2, 0.25) is 0 Å². The maximum Gasteiger partial charge on any atom is 0.272 e. The first-order valence-electron chi connectivity index (χ1n) is 9.72. The van der Waals surface area contributed by atoms with Gasteiger partial charge in [0, 0.05) is 22.5 Å². The quantitative estimate of drug-likeness (QED) is 0.776. The van der Waals surface area contributed by atoms with Crippen molar-refractivity contribution in [3.63, 3.8) is 0 Å². The molecule has 26 heavy (non-hydrogen) atoms. The second-order valence-electron chi connectivity index (χ2n) is 7.72. The van der Waals surface area contributed by atoms with Crippen LogP contribution in [0.25, 0.3) is 10.9 Å². The molecule has 5 nitrogen and oxygen atoms in total. The molecule has 1 aromatic carbocycles. The normalized spacial score (nSPS) is 26.8. The molecular weight excluding hydrogens is 394 g/mol. The van der Waals surface area contributed by atoms with E-state index in [9.17, 15) is 4.79 Å². The number of hydrogen-bond acceptors (Lipinski definition) is 3. The lowest BCUT2D eigenvalue weighted by Gasteiger charge is -2.27. The van der Waals surface area contributed by atoms with E-state index in [1.54, 1.807) is 0 Å². The molecule has 1 saturated heterocycles. The zero-order valence-corrected chi connectivity index (χ0v) is 16.8. The van der Waals surface area contributed by atoms with E-state index in [4.69, 9.17) is 9.84 Å². The molecule has 1 unspecified atom stereocenters. The summed E-state index contributed by atoms with van der Waals surface area (Å²) in [7, 11) is 0. The fourth-order valence-corrected chi connectivity index (χ4v) is 4.60. The molecule has 140 valence electrons. The van der Waals surface area contributed by atoms with Crippen LogP contribution in [0.4, 0.5) is 0 Å². The number of benzene rings is 1. The molecule has 1 aliphatic heterocycles. The molecule has 2 heterocycles. The molecule has 1 N–H and O–H groups in total. The van der Waals surface area contributed by atoms with Gasteiger partial charge in [-0.1, -0.05) is 35.7 Å². The number of ether oxygens (including phenoxy) is 1. The Morgan fingerprint density at radius 2 is 2.15 bits per heavy atom. The number of fused-ring (bicyclic) bond motifs is 1. The van der Waals surface area contributed by atoms with Gasteiger partial charge in [-0.05, 0) is 56.2 Å². The second-order valence-corrected chi connectivity index (χ2v) is 8.63. The van der Waals surface area contributed by atoms with E-state index in [1.165, 1.54) is 12.8 Å². The average molecular weight is 420 g/mol. The lowest BCUT2D eigenvalue weighted by Crippen LogP contribution is -2.38. The molecule has 6 heteroatoms. The topological polar surface area (TPSA) is 56.2 Å². The predicted octanol–water partition coefficient (Wildman–Crippen LogP) is 4.81. The Balaban J connectivity index is 1.65. The smallest absolute Gasteiger partial charge is 0.272 e. The van der Waals surface area contributed by atoms with Crippen molar-refractivity contribution < 1.29 is 9.53 Å². The summed E-state index contributed by atoms with van der Waals surface area (Å²) in [5, 5.41) is 8.80. The fraction of sp³-hybridized carbons (Fsp3) is 0.600. The lowest BCUT2D eigenvalue weighted by atomic mass is 9.87. The van der Waals surface area contributed by atoms with E-state index >= 15 is 0 Å². The first-order chi connectivity index (χ1) is 12.6. The van der Waals surface area contributed by atoms with Crippen molar-refractivity contribution in [2.45, 2.75) is 64.1 Å². The summed E-state index contributed by atoms with van der Waals surface area (Å²) < 4.78 is 8.77. The van der Waals surface area contributed by atoms with Crippen molar-refractivity contribution >= 4 is 32.7 Å². The number of halogens is 1. The summed E-state index contributed by atoms with van der Waals surface area (Å²) >= 11 is 3.53. The highest BCUT2D eigenvalue weighted by Crippen LogP contribution is 2.30. The van der Waals surface area contributed by atoms with Gasteiger partial charge in [0.1, 0.15) is 0 Å². The summed E-state index contributed by atoms with van der Waals surface area (Å²) in [6.45, 7) is 3.02. The van der Waals surface area contributed by atoms with Crippen molar-refractivity contribution in [2.75, 3.05) is 6.61 Å². The zero-order valence-electron chi connectivity index (χ0n) is 15.2. The van der Waals surface area contributed by atoms with Gasteiger partial charge in [0.05, 0.1) is 5.52 Å². The maximum absolute atomic E-state index is 13.0. The molecule has 2 aromatic rings. The van der Waals surface area contributed by atoms with Crippen LogP contribution in [0, 0.1) is 5.92 Å². The van der Waals surface area contributed by atoms with Crippen molar-refractivity contribution in [3.05, 3.63) is 28.4 Å². The molecule has 4 rings (SSSR count). The second kappa shape index (κ2) is 7.69. The molecular formula is C20H26BrN3O2. The van der Waals surface area contributed by atoms with Crippen LogP contribution in [-0.4, -0.2) is 28.3 Å². The molecule has 0 spiro atoms. The van der Waals surface area contributed by atoms with E-state index in [0.29, 0.717) is 11.6 Å². The molecule has 1 aromatic heterocycles. The van der Waals surface area contributed by atoms with Crippen molar-refractivity contribution in [1.82, 2.24) is 15.1 Å². The third kappa shape index (κ3) is 3.67. The number of carbonyl (C=O) groups excluding carboxylic acids is 1. The van der Waals surface area contributed by atoms with Crippen LogP contribution in [0.3, 0.4) is 0 Å². The Morgan fingerprint density at radius 3 is 2.92 bits per heavy atom. The summed E-state index contributed by atoms with van der Waals surface area (Å²) in [6.07, 6.45) is 7.64. The van der Waals surface area contributed by atoms with Gasteiger partial charge in [0.25, 0.3) is 5.91 Å². The highest BCUT2D eigenvalue weighted by Gasteiger charge is 2.26. The van der Waals surface area contributed by atoms with Gasteiger partial charge in [-0.25, -0.2) is 4.68 Å². The summed E-state index contributed by atoms with van der Waals surface area (Å²) in [5.41, 5.74) is 1.47. The summed E-state index contributed by atoms with van der Waals surface area (Å²) in [4.78, 5) is 13.0. The maximum atomic E-state index is 13.0. The van der Waals surface area contributed by atoms with Gasteiger partial charge in [-0.2, -0.15) is 5.10 Å². The average Bonchev–Trinajstić information content (AvgIpc) is 3.01. The molecule has 0 bridgehead atoms. The van der Waals surface area contributed by atoms with Gasteiger partial charge in [-0.15, -0.1) is 0 Å². The third-order valence-corrected chi connectivity index (χ3v) is 6.08. The number of carbonyl (C=O) groups is 1. The first kappa shape index (κ1) is 18.0. The Labute approximate surface area is 162 Å². The SMILES string of the molecule is C[C@@H]1CCC[C@@H](NC(=O)c2nn(C3CCCCO3)c3ccc(Br)cc23)C1.